The quantitative estimate of drug-likeness (QED) is 0.398. The number of nitrogens with zero attached hydrogens (tertiary/aromatic N) is 2. The molecule has 3 N–H and O–H groups in total. The maximum atomic E-state index is 11.8. The zero-order valence-corrected chi connectivity index (χ0v) is 16.9. The maximum absolute atomic E-state index is 11.8. The second-order valence-corrected chi connectivity index (χ2v) is 8.24. The first-order valence-electron chi connectivity index (χ1n) is 8.47. The Morgan fingerprint density at radius 3 is 2.61 bits per heavy atom. The van der Waals surface area contributed by atoms with Crippen LogP contribution in [0.1, 0.15) is 35.9 Å². The lowest BCUT2D eigenvalue weighted by Crippen LogP contribution is -2.42. The summed E-state index contributed by atoms with van der Waals surface area (Å²) in [4.78, 5) is 23.5. The van der Waals surface area contributed by atoms with Gasteiger partial charge in [0.1, 0.15) is 0 Å². The minimum absolute atomic E-state index is 0.0934. The fourth-order valence-electron chi connectivity index (χ4n) is 2.15. The number of rotatable bonds is 7. The van der Waals surface area contributed by atoms with Gasteiger partial charge in [-0.15, -0.1) is 10.2 Å². The molecule has 0 aliphatic rings. The molecule has 2 amide bonds. The minimum atomic E-state index is -0.519. The monoisotopic (exact) mass is 417 g/mol. The van der Waals surface area contributed by atoms with Crippen molar-refractivity contribution in [2.45, 2.75) is 24.1 Å². The number of anilines is 2. The molecule has 10 heteroatoms. The number of nitrogens with one attached hydrogen (secondary N) is 3. The summed E-state index contributed by atoms with van der Waals surface area (Å²) in [5.41, 5.74) is 6.80. The van der Waals surface area contributed by atoms with Crippen LogP contribution in [0.3, 0.4) is 0 Å². The van der Waals surface area contributed by atoms with Crippen molar-refractivity contribution in [2.75, 3.05) is 11.1 Å². The molecule has 0 saturated carbocycles. The summed E-state index contributed by atoms with van der Waals surface area (Å²) >= 11 is 2.58. The number of furan rings is 1. The van der Waals surface area contributed by atoms with Crippen molar-refractivity contribution < 1.29 is 14.0 Å². The molecule has 0 saturated heterocycles. The van der Waals surface area contributed by atoms with Crippen molar-refractivity contribution in [3.05, 3.63) is 54.0 Å². The molecule has 2 heterocycles. The van der Waals surface area contributed by atoms with Gasteiger partial charge < -0.3 is 9.73 Å². The first kappa shape index (κ1) is 19.9. The first-order valence-corrected chi connectivity index (χ1v) is 10.3. The Labute approximate surface area is 170 Å². The van der Waals surface area contributed by atoms with Gasteiger partial charge in [0.25, 0.3) is 0 Å². The average molecular weight is 418 g/mol. The van der Waals surface area contributed by atoms with E-state index >= 15 is 0 Å². The predicted molar refractivity (Wildman–Crippen MR) is 109 cm³/mol. The van der Waals surface area contributed by atoms with Crippen LogP contribution in [0.4, 0.5) is 10.8 Å². The number of amides is 2. The normalized spacial score (nSPS) is 10.7. The highest BCUT2D eigenvalue weighted by Crippen LogP contribution is 2.28. The molecule has 0 unspecified atom stereocenters. The smallest absolute Gasteiger partial charge is 0.305 e. The molecule has 0 bridgehead atoms. The molecule has 0 atom stereocenters. The fraction of sp³-hybridized carbons (Fsp3) is 0.222. The fourth-order valence-corrected chi connectivity index (χ4v) is 3.72. The van der Waals surface area contributed by atoms with Crippen LogP contribution in [0.25, 0.3) is 0 Å². The van der Waals surface area contributed by atoms with E-state index in [2.05, 4.69) is 52.3 Å². The van der Waals surface area contributed by atoms with Crippen molar-refractivity contribution in [1.82, 2.24) is 21.0 Å². The SMILES string of the molecule is CC(C)c1ccc(Nc2nnc(SCC(=O)NNC(=O)c3ccco3)s2)cc1. The summed E-state index contributed by atoms with van der Waals surface area (Å²) in [6.45, 7) is 4.30. The van der Waals surface area contributed by atoms with Crippen molar-refractivity contribution >= 4 is 45.7 Å². The van der Waals surface area contributed by atoms with Crippen LogP contribution in [0.2, 0.25) is 0 Å². The van der Waals surface area contributed by atoms with Gasteiger partial charge in [-0.05, 0) is 35.7 Å². The number of aromatic nitrogens is 2. The average Bonchev–Trinajstić information content (AvgIpc) is 3.37. The van der Waals surface area contributed by atoms with E-state index in [9.17, 15) is 9.59 Å². The zero-order valence-electron chi connectivity index (χ0n) is 15.3. The minimum Gasteiger partial charge on any atom is -0.459 e. The van der Waals surface area contributed by atoms with Gasteiger partial charge in [0.15, 0.2) is 10.1 Å². The van der Waals surface area contributed by atoms with Crippen LogP contribution >= 0.6 is 23.1 Å². The summed E-state index contributed by atoms with van der Waals surface area (Å²) in [5.74, 6) is -0.188. The largest absolute Gasteiger partial charge is 0.459 e. The number of thioether (sulfide) groups is 1. The van der Waals surface area contributed by atoms with Crippen molar-refractivity contribution in [2.24, 2.45) is 0 Å². The number of carbonyl (C=O) groups excluding carboxylic acids is 2. The molecular formula is C18H19N5O3S2. The summed E-state index contributed by atoms with van der Waals surface area (Å²) in [6, 6.07) is 11.2. The van der Waals surface area contributed by atoms with E-state index in [-0.39, 0.29) is 17.4 Å². The molecule has 0 aliphatic carbocycles. The van der Waals surface area contributed by atoms with Crippen molar-refractivity contribution in [3.63, 3.8) is 0 Å². The first-order chi connectivity index (χ1) is 13.5. The molecular weight excluding hydrogens is 398 g/mol. The van der Waals surface area contributed by atoms with Crippen LogP contribution < -0.4 is 16.2 Å². The summed E-state index contributed by atoms with van der Waals surface area (Å²) in [5, 5.41) is 12.0. The number of benzene rings is 1. The Kier molecular flexibility index (Phi) is 6.66. The van der Waals surface area contributed by atoms with Gasteiger partial charge >= 0.3 is 5.91 Å². The molecule has 0 fully saturated rings. The molecule has 3 aromatic rings. The number of hydrazine groups is 1. The molecule has 8 nitrogen and oxygen atoms in total. The third kappa shape index (κ3) is 5.57. The number of carbonyl (C=O) groups is 2. The summed E-state index contributed by atoms with van der Waals surface area (Å²) in [6.07, 6.45) is 1.38. The molecule has 0 radical (unpaired) electrons. The highest BCUT2D eigenvalue weighted by molar-refractivity contribution is 8.01. The van der Waals surface area contributed by atoms with E-state index in [0.717, 1.165) is 5.69 Å². The lowest BCUT2D eigenvalue weighted by molar-refractivity contribution is -0.119. The third-order valence-corrected chi connectivity index (χ3v) is 5.59. The predicted octanol–water partition coefficient (Wildman–Crippen LogP) is 3.55. The van der Waals surface area contributed by atoms with Crippen molar-refractivity contribution in [3.8, 4) is 0 Å². The molecule has 0 aliphatic heterocycles. The van der Waals surface area contributed by atoms with E-state index < -0.39 is 5.91 Å². The Morgan fingerprint density at radius 2 is 1.93 bits per heavy atom. The van der Waals surface area contributed by atoms with Gasteiger partial charge in [-0.25, -0.2) is 0 Å². The van der Waals surface area contributed by atoms with E-state index in [1.807, 2.05) is 12.1 Å². The Hall–Kier alpha value is -2.85. The van der Waals surface area contributed by atoms with Crippen molar-refractivity contribution in [1.29, 1.82) is 0 Å². The summed E-state index contributed by atoms with van der Waals surface area (Å²) < 4.78 is 5.58. The number of hydrogen-bond acceptors (Lipinski definition) is 8. The molecule has 2 aromatic heterocycles. The zero-order chi connectivity index (χ0) is 19.9. The second-order valence-electron chi connectivity index (χ2n) is 6.04. The molecule has 0 spiro atoms. The molecule has 1 aromatic carbocycles. The van der Waals surface area contributed by atoms with Crippen LogP contribution in [0, 0.1) is 0 Å². The lowest BCUT2D eigenvalue weighted by Gasteiger charge is -2.06. The van der Waals surface area contributed by atoms with E-state index in [0.29, 0.717) is 15.4 Å². The van der Waals surface area contributed by atoms with Gasteiger partial charge in [0.2, 0.25) is 11.0 Å². The van der Waals surface area contributed by atoms with Crippen LogP contribution in [0.15, 0.2) is 51.4 Å². The topological polar surface area (TPSA) is 109 Å². The standard InChI is InChI=1S/C18H19N5O3S2/c1-11(2)12-5-7-13(8-6-12)19-17-22-23-18(28-17)27-10-15(24)20-21-16(25)14-4-3-9-26-14/h3-9,11H,10H2,1-2H3,(H,19,22)(H,20,24)(H,21,25). The van der Waals surface area contributed by atoms with Crippen LogP contribution in [-0.2, 0) is 4.79 Å². The Morgan fingerprint density at radius 1 is 1.14 bits per heavy atom. The van der Waals surface area contributed by atoms with E-state index in [1.54, 1.807) is 6.07 Å². The second kappa shape index (κ2) is 9.38. The molecule has 28 heavy (non-hydrogen) atoms. The summed E-state index contributed by atoms with van der Waals surface area (Å²) in [7, 11) is 0. The highest BCUT2D eigenvalue weighted by Gasteiger charge is 2.11. The Bertz CT molecular complexity index is 923. The van der Waals surface area contributed by atoms with Crippen LogP contribution in [0.5, 0.6) is 0 Å². The molecule has 3 rings (SSSR count). The van der Waals surface area contributed by atoms with Gasteiger partial charge in [-0.1, -0.05) is 49.1 Å². The van der Waals surface area contributed by atoms with Gasteiger partial charge in [-0.2, -0.15) is 0 Å². The van der Waals surface area contributed by atoms with Gasteiger partial charge in [0.05, 0.1) is 12.0 Å². The van der Waals surface area contributed by atoms with Gasteiger partial charge in [-0.3, -0.25) is 20.4 Å². The van der Waals surface area contributed by atoms with Crippen LogP contribution in [-0.4, -0.2) is 27.8 Å². The molecule has 146 valence electrons. The number of hydrogen-bond donors (Lipinski definition) is 3. The third-order valence-electron chi connectivity index (χ3n) is 3.62. The maximum Gasteiger partial charge on any atom is 0.305 e. The van der Waals surface area contributed by atoms with E-state index in [4.69, 9.17) is 4.42 Å². The lowest BCUT2D eigenvalue weighted by atomic mass is 10.0. The van der Waals surface area contributed by atoms with E-state index in [1.165, 1.54) is 41.0 Å². The van der Waals surface area contributed by atoms with Gasteiger partial charge in [0, 0.05) is 5.69 Å². The highest BCUT2D eigenvalue weighted by atomic mass is 32.2. The Balaban J connectivity index is 1.44.